The van der Waals surface area contributed by atoms with Gasteiger partial charge in [-0.2, -0.15) is 0 Å². The van der Waals surface area contributed by atoms with Gasteiger partial charge in [-0.3, -0.25) is 0 Å². The largest absolute Gasteiger partial charge is 0.476 e. The van der Waals surface area contributed by atoms with Crippen LogP contribution in [0.1, 0.15) is 23.0 Å². The Balaban J connectivity index is 3.13. The average Bonchev–Trinajstić information content (AvgIpc) is 2.05. The van der Waals surface area contributed by atoms with Gasteiger partial charge in [0.1, 0.15) is 5.82 Å². The molecule has 0 bridgehead atoms. The summed E-state index contributed by atoms with van der Waals surface area (Å²) in [4.78, 5) is 10.4. The molecular weight excluding hydrogens is 158 g/mol. The Hall–Kier alpha value is -1.65. The van der Waals surface area contributed by atoms with Gasteiger partial charge in [0.05, 0.1) is 0 Å². The monoisotopic (exact) mass is 167 g/mol. The highest BCUT2D eigenvalue weighted by Gasteiger charge is 2.07. The molecule has 0 radical (unpaired) electrons. The third-order valence-corrected chi connectivity index (χ3v) is 1.51. The first-order valence-corrected chi connectivity index (χ1v) is 3.50. The molecular formula is C7H9N3O2. The van der Waals surface area contributed by atoms with Crippen LogP contribution in [0, 0.1) is 0 Å². The van der Waals surface area contributed by atoms with Crippen molar-refractivity contribution in [2.45, 2.75) is 13.3 Å². The molecule has 0 aromatic carbocycles. The highest BCUT2D eigenvalue weighted by molar-refractivity contribution is 5.85. The number of aryl methyl sites for hydroxylation is 1. The van der Waals surface area contributed by atoms with Gasteiger partial charge in [-0.15, -0.1) is 10.2 Å². The fourth-order valence-corrected chi connectivity index (χ4v) is 0.827. The molecule has 0 unspecified atom stereocenters. The standard InChI is InChI=1S/C7H9N3O2/c1-2-4-3-5(7(11)12)9-10-6(4)8/h3H,2H2,1H3,(H2,8,10)(H,11,12). The van der Waals surface area contributed by atoms with E-state index in [4.69, 9.17) is 10.8 Å². The van der Waals surface area contributed by atoms with Crippen molar-refractivity contribution in [3.8, 4) is 0 Å². The molecule has 0 spiro atoms. The Morgan fingerprint density at radius 3 is 2.83 bits per heavy atom. The minimum atomic E-state index is -1.09. The molecule has 64 valence electrons. The quantitative estimate of drug-likeness (QED) is 0.662. The predicted molar refractivity (Wildman–Crippen MR) is 42.8 cm³/mol. The number of carboxylic acid groups (broad SMARTS) is 1. The van der Waals surface area contributed by atoms with Gasteiger partial charge in [-0.25, -0.2) is 4.79 Å². The van der Waals surface area contributed by atoms with Crippen LogP contribution in [0.25, 0.3) is 0 Å². The minimum Gasteiger partial charge on any atom is -0.476 e. The van der Waals surface area contributed by atoms with Crippen molar-refractivity contribution in [1.29, 1.82) is 0 Å². The number of anilines is 1. The molecule has 0 aliphatic rings. The van der Waals surface area contributed by atoms with Crippen LogP contribution in [0.5, 0.6) is 0 Å². The smallest absolute Gasteiger partial charge is 0.356 e. The van der Waals surface area contributed by atoms with Gasteiger partial charge in [0.25, 0.3) is 0 Å². The second-order valence-electron chi connectivity index (χ2n) is 2.30. The van der Waals surface area contributed by atoms with E-state index in [0.29, 0.717) is 17.8 Å². The summed E-state index contributed by atoms with van der Waals surface area (Å²) in [6.45, 7) is 1.87. The number of rotatable bonds is 2. The van der Waals surface area contributed by atoms with E-state index in [1.54, 1.807) is 0 Å². The maximum Gasteiger partial charge on any atom is 0.356 e. The summed E-state index contributed by atoms with van der Waals surface area (Å²) in [6, 6.07) is 1.44. The van der Waals surface area contributed by atoms with E-state index in [2.05, 4.69) is 10.2 Å². The second-order valence-corrected chi connectivity index (χ2v) is 2.30. The number of aromatic nitrogens is 2. The number of carbonyl (C=O) groups is 1. The maximum atomic E-state index is 10.4. The van der Waals surface area contributed by atoms with E-state index in [1.807, 2.05) is 6.92 Å². The van der Waals surface area contributed by atoms with Gasteiger partial charge in [0.2, 0.25) is 0 Å². The van der Waals surface area contributed by atoms with Crippen LogP contribution in [-0.4, -0.2) is 21.3 Å². The molecule has 1 aromatic heterocycles. The van der Waals surface area contributed by atoms with Crippen LogP contribution in [0.15, 0.2) is 6.07 Å². The lowest BCUT2D eigenvalue weighted by Crippen LogP contribution is -2.06. The van der Waals surface area contributed by atoms with Crippen molar-refractivity contribution >= 4 is 11.8 Å². The highest BCUT2D eigenvalue weighted by atomic mass is 16.4. The highest BCUT2D eigenvalue weighted by Crippen LogP contribution is 2.08. The fraction of sp³-hybridized carbons (Fsp3) is 0.286. The first kappa shape index (κ1) is 8.45. The van der Waals surface area contributed by atoms with Crippen molar-refractivity contribution in [2.75, 3.05) is 5.73 Å². The molecule has 0 fully saturated rings. The first-order chi connectivity index (χ1) is 5.65. The lowest BCUT2D eigenvalue weighted by molar-refractivity contribution is 0.0689. The van der Waals surface area contributed by atoms with Crippen LogP contribution >= 0.6 is 0 Å². The summed E-state index contributed by atoms with van der Waals surface area (Å²) in [7, 11) is 0. The van der Waals surface area contributed by atoms with Gasteiger partial charge < -0.3 is 10.8 Å². The predicted octanol–water partition coefficient (Wildman–Crippen LogP) is 0.319. The zero-order chi connectivity index (χ0) is 9.14. The third-order valence-electron chi connectivity index (χ3n) is 1.51. The molecule has 0 atom stereocenters. The van der Waals surface area contributed by atoms with Gasteiger partial charge in [0, 0.05) is 0 Å². The summed E-state index contributed by atoms with van der Waals surface area (Å²) in [6.07, 6.45) is 0.654. The Bertz CT molecular complexity index is 312. The Kier molecular flexibility index (Phi) is 2.23. The van der Waals surface area contributed by atoms with Crippen LogP contribution in [0.2, 0.25) is 0 Å². The molecule has 1 rings (SSSR count). The van der Waals surface area contributed by atoms with E-state index in [9.17, 15) is 4.79 Å². The number of nitrogens with two attached hydrogens (primary N) is 1. The number of nitrogen functional groups attached to an aromatic ring is 1. The Morgan fingerprint density at radius 1 is 1.67 bits per heavy atom. The maximum absolute atomic E-state index is 10.4. The van der Waals surface area contributed by atoms with E-state index < -0.39 is 5.97 Å². The molecule has 1 aromatic rings. The lowest BCUT2D eigenvalue weighted by atomic mass is 10.2. The molecule has 0 saturated carbocycles. The normalized spacial score (nSPS) is 9.75. The zero-order valence-electron chi connectivity index (χ0n) is 6.61. The summed E-state index contributed by atoms with van der Waals surface area (Å²) < 4.78 is 0. The van der Waals surface area contributed by atoms with Gasteiger partial charge in [-0.1, -0.05) is 6.92 Å². The van der Waals surface area contributed by atoms with Gasteiger partial charge in [-0.05, 0) is 18.1 Å². The number of nitrogens with zero attached hydrogens (tertiary/aromatic N) is 2. The molecule has 0 amide bonds. The molecule has 3 N–H and O–H groups in total. The number of hydrogen-bond acceptors (Lipinski definition) is 4. The molecule has 5 nitrogen and oxygen atoms in total. The summed E-state index contributed by atoms with van der Waals surface area (Å²) in [5.74, 6) is -0.792. The molecule has 0 aliphatic heterocycles. The average molecular weight is 167 g/mol. The Morgan fingerprint density at radius 2 is 2.33 bits per heavy atom. The van der Waals surface area contributed by atoms with Crippen molar-refractivity contribution in [3.63, 3.8) is 0 Å². The third kappa shape index (κ3) is 1.50. The molecule has 5 heteroatoms. The number of carboxylic acids is 1. The molecule has 0 saturated heterocycles. The minimum absolute atomic E-state index is 0.0685. The molecule has 1 heterocycles. The van der Waals surface area contributed by atoms with Crippen molar-refractivity contribution in [3.05, 3.63) is 17.3 Å². The summed E-state index contributed by atoms with van der Waals surface area (Å²) in [5.41, 5.74) is 6.08. The van der Waals surface area contributed by atoms with Crippen LogP contribution in [0.3, 0.4) is 0 Å². The Labute approximate surface area is 69.2 Å². The van der Waals surface area contributed by atoms with E-state index >= 15 is 0 Å². The second kappa shape index (κ2) is 3.17. The van der Waals surface area contributed by atoms with Crippen molar-refractivity contribution in [1.82, 2.24) is 10.2 Å². The molecule has 0 aliphatic carbocycles. The first-order valence-electron chi connectivity index (χ1n) is 3.50. The van der Waals surface area contributed by atoms with Crippen LogP contribution in [-0.2, 0) is 6.42 Å². The van der Waals surface area contributed by atoms with Crippen LogP contribution < -0.4 is 5.73 Å². The van der Waals surface area contributed by atoms with Gasteiger partial charge in [0.15, 0.2) is 5.69 Å². The van der Waals surface area contributed by atoms with Crippen molar-refractivity contribution in [2.24, 2.45) is 0 Å². The van der Waals surface area contributed by atoms with Gasteiger partial charge >= 0.3 is 5.97 Å². The van der Waals surface area contributed by atoms with Crippen molar-refractivity contribution < 1.29 is 9.90 Å². The van der Waals surface area contributed by atoms with E-state index in [0.717, 1.165) is 0 Å². The van der Waals surface area contributed by atoms with E-state index in [-0.39, 0.29) is 5.69 Å². The number of hydrogen-bond donors (Lipinski definition) is 2. The fourth-order valence-electron chi connectivity index (χ4n) is 0.827. The summed E-state index contributed by atoms with van der Waals surface area (Å²) in [5, 5.41) is 15.5. The SMILES string of the molecule is CCc1cc(C(=O)O)nnc1N. The number of aromatic carboxylic acids is 1. The topological polar surface area (TPSA) is 89.1 Å². The van der Waals surface area contributed by atoms with Crippen LogP contribution in [0.4, 0.5) is 5.82 Å². The zero-order valence-corrected chi connectivity index (χ0v) is 6.61. The summed E-state index contributed by atoms with van der Waals surface area (Å²) >= 11 is 0. The molecule has 12 heavy (non-hydrogen) atoms. The van der Waals surface area contributed by atoms with E-state index in [1.165, 1.54) is 6.07 Å². The lowest BCUT2D eigenvalue weighted by Gasteiger charge is -2.00.